The molecule has 19 heavy (non-hydrogen) atoms. The molecule has 0 saturated heterocycles. The van der Waals surface area contributed by atoms with Crippen molar-refractivity contribution in [1.29, 1.82) is 0 Å². The molecule has 1 fully saturated rings. The van der Waals surface area contributed by atoms with Gasteiger partial charge in [-0.05, 0) is 38.2 Å². The lowest BCUT2D eigenvalue weighted by molar-refractivity contribution is 0.350. The van der Waals surface area contributed by atoms with Gasteiger partial charge in [0.1, 0.15) is 0 Å². The van der Waals surface area contributed by atoms with Gasteiger partial charge < -0.3 is 4.90 Å². The zero-order valence-corrected chi connectivity index (χ0v) is 13.7. The quantitative estimate of drug-likeness (QED) is 0.843. The number of hydrogen-bond donors (Lipinski definition) is 1. The Bertz CT molecular complexity index is 448. The monoisotopic (exact) mass is 300 g/mol. The molecule has 2 rings (SSSR count). The SMILES string of the molecule is CSCC(C)N(C)c1n[nH]c(=S)n1C1CCCCC1. The molecule has 1 aromatic heterocycles. The van der Waals surface area contributed by atoms with Crippen molar-refractivity contribution >= 4 is 29.9 Å². The van der Waals surface area contributed by atoms with E-state index in [4.69, 9.17) is 12.2 Å². The zero-order valence-electron chi connectivity index (χ0n) is 12.1. The summed E-state index contributed by atoms with van der Waals surface area (Å²) in [7, 11) is 2.12. The van der Waals surface area contributed by atoms with Crippen molar-refractivity contribution in [1.82, 2.24) is 14.8 Å². The maximum atomic E-state index is 5.44. The van der Waals surface area contributed by atoms with E-state index in [0.29, 0.717) is 12.1 Å². The van der Waals surface area contributed by atoms with E-state index in [1.54, 1.807) is 0 Å². The summed E-state index contributed by atoms with van der Waals surface area (Å²) in [6.07, 6.45) is 8.57. The fourth-order valence-corrected chi connectivity index (χ4v) is 3.75. The first-order valence-corrected chi connectivity index (χ1v) is 8.84. The Hall–Kier alpha value is -0.490. The maximum absolute atomic E-state index is 5.44. The molecule has 1 aromatic rings. The number of nitrogens with zero attached hydrogens (tertiary/aromatic N) is 3. The van der Waals surface area contributed by atoms with Crippen LogP contribution in [-0.2, 0) is 0 Å². The van der Waals surface area contributed by atoms with Gasteiger partial charge in [0.05, 0.1) is 0 Å². The van der Waals surface area contributed by atoms with Gasteiger partial charge in [-0.15, -0.1) is 5.10 Å². The van der Waals surface area contributed by atoms with Crippen molar-refractivity contribution in [3.63, 3.8) is 0 Å². The van der Waals surface area contributed by atoms with Crippen LogP contribution in [0.4, 0.5) is 5.95 Å². The lowest BCUT2D eigenvalue weighted by Gasteiger charge is -2.30. The Morgan fingerprint density at radius 2 is 2.16 bits per heavy atom. The van der Waals surface area contributed by atoms with Gasteiger partial charge in [-0.1, -0.05) is 19.3 Å². The van der Waals surface area contributed by atoms with Crippen molar-refractivity contribution in [2.75, 3.05) is 24.0 Å². The molecule has 1 aliphatic carbocycles. The first-order valence-electron chi connectivity index (χ1n) is 7.03. The minimum Gasteiger partial charge on any atom is -0.340 e. The van der Waals surface area contributed by atoms with Crippen LogP contribution in [0.25, 0.3) is 0 Å². The average molecular weight is 300 g/mol. The molecule has 4 nitrogen and oxygen atoms in total. The molecule has 0 aromatic carbocycles. The molecule has 1 atom stereocenters. The van der Waals surface area contributed by atoms with E-state index in [9.17, 15) is 0 Å². The summed E-state index contributed by atoms with van der Waals surface area (Å²) in [5.74, 6) is 2.10. The predicted octanol–water partition coefficient (Wildman–Crippen LogP) is 3.63. The standard InChI is InChI=1S/C13H24N4S2/c1-10(9-19-3)16(2)12-14-15-13(18)17(12)11-7-5-4-6-8-11/h10-11H,4-9H2,1-3H3,(H,15,18). The number of rotatable bonds is 5. The van der Waals surface area contributed by atoms with Crippen molar-refractivity contribution < 1.29 is 0 Å². The van der Waals surface area contributed by atoms with E-state index in [0.717, 1.165) is 16.5 Å². The maximum Gasteiger partial charge on any atom is 0.225 e. The van der Waals surface area contributed by atoms with Crippen LogP contribution in [0.5, 0.6) is 0 Å². The summed E-state index contributed by atoms with van der Waals surface area (Å²) >= 11 is 7.30. The minimum atomic E-state index is 0.461. The Kier molecular flexibility index (Phi) is 5.33. The van der Waals surface area contributed by atoms with Crippen LogP contribution in [0, 0.1) is 4.77 Å². The second kappa shape index (κ2) is 6.79. The highest BCUT2D eigenvalue weighted by Gasteiger charge is 2.23. The van der Waals surface area contributed by atoms with Crippen LogP contribution in [0.2, 0.25) is 0 Å². The molecule has 1 saturated carbocycles. The van der Waals surface area contributed by atoms with Gasteiger partial charge in [0.25, 0.3) is 0 Å². The van der Waals surface area contributed by atoms with Crippen LogP contribution in [0.1, 0.15) is 45.1 Å². The summed E-state index contributed by atoms with van der Waals surface area (Å²) in [6, 6.07) is 0.987. The predicted molar refractivity (Wildman–Crippen MR) is 85.8 cm³/mol. The van der Waals surface area contributed by atoms with Gasteiger partial charge in [0.15, 0.2) is 4.77 Å². The number of aromatic nitrogens is 3. The third-order valence-corrected chi connectivity index (χ3v) is 5.11. The summed E-state index contributed by atoms with van der Waals surface area (Å²) in [4.78, 5) is 2.25. The van der Waals surface area contributed by atoms with Crippen molar-refractivity contribution in [2.24, 2.45) is 0 Å². The number of hydrogen-bond acceptors (Lipinski definition) is 4. The second-order valence-electron chi connectivity index (χ2n) is 5.41. The molecule has 1 heterocycles. The number of aromatic amines is 1. The van der Waals surface area contributed by atoms with Gasteiger partial charge in [0, 0.05) is 24.9 Å². The van der Waals surface area contributed by atoms with E-state index < -0.39 is 0 Å². The summed E-state index contributed by atoms with van der Waals surface area (Å²) in [5.41, 5.74) is 0. The molecular weight excluding hydrogens is 276 g/mol. The first-order chi connectivity index (χ1) is 9.15. The van der Waals surface area contributed by atoms with Crippen LogP contribution in [0.3, 0.4) is 0 Å². The fourth-order valence-electron chi connectivity index (χ4n) is 2.76. The third-order valence-electron chi connectivity index (χ3n) is 4.01. The van der Waals surface area contributed by atoms with E-state index in [2.05, 4.69) is 39.9 Å². The topological polar surface area (TPSA) is 36.9 Å². The van der Waals surface area contributed by atoms with Gasteiger partial charge in [-0.2, -0.15) is 11.8 Å². The largest absolute Gasteiger partial charge is 0.340 e. The summed E-state index contributed by atoms with van der Waals surface area (Å²) < 4.78 is 3.01. The second-order valence-corrected chi connectivity index (χ2v) is 6.70. The zero-order chi connectivity index (χ0) is 13.8. The van der Waals surface area contributed by atoms with E-state index in [-0.39, 0.29) is 0 Å². The molecule has 108 valence electrons. The van der Waals surface area contributed by atoms with Crippen LogP contribution >= 0.6 is 24.0 Å². The first kappa shape index (κ1) is 14.9. The van der Waals surface area contributed by atoms with Crippen molar-refractivity contribution in [2.45, 2.75) is 51.1 Å². The lowest BCUT2D eigenvalue weighted by Crippen LogP contribution is -2.34. The van der Waals surface area contributed by atoms with Gasteiger partial charge >= 0.3 is 0 Å². The normalized spacial score (nSPS) is 18.5. The minimum absolute atomic E-state index is 0.461. The van der Waals surface area contributed by atoms with Crippen LogP contribution < -0.4 is 4.90 Å². The van der Waals surface area contributed by atoms with Crippen molar-refractivity contribution in [3.8, 4) is 0 Å². The number of anilines is 1. The fraction of sp³-hybridized carbons (Fsp3) is 0.846. The smallest absolute Gasteiger partial charge is 0.225 e. The molecular formula is C13H24N4S2. The lowest BCUT2D eigenvalue weighted by atomic mass is 9.95. The summed E-state index contributed by atoms with van der Waals surface area (Å²) in [5, 5.41) is 7.44. The van der Waals surface area contributed by atoms with Crippen molar-refractivity contribution in [3.05, 3.63) is 4.77 Å². The number of nitrogens with one attached hydrogen (secondary N) is 1. The highest BCUT2D eigenvalue weighted by atomic mass is 32.2. The van der Waals surface area contributed by atoms with E-state index >= 15 is 0 Å². The highest BCUT2D eigenvalue weighted by Crippen LogP contribution is 2.31. The van der Waals surface area contributed by atoms with Crippen LogP contribution in [0.15, 0.2) is 0 Å². The molecule has 0 bridgehead atoms. The molecule has 0 amide bonds. The Morgan fingerprint density at radius 3 is 2.79 bits per heavy atom. The summed E-state index contributed by atoms with van der Waals surface area (Å²) in [6.45, 7) is 2.24. The average Bonchev–Trinajstić information content (AvgIpc) is 2.81. The van der Waals surface area contributed by atoms with Gasteiger partial charge in [-0.3, -0.25) is 4.57 Å². The third kappa shape index (κ3) is 3.34. The molecule has 0 radical (unpaired) electrons. The van der Waals surface area contributed by atoms with Gasteiger partial charge in [-0.25, -0.2) is 5.10 Å². The molecule has 1 unspecified atom stereocenters. The molecule has 1 aliphatic rings. The Morgan fingerprint density at radius 1 is 1.47 bits per heavy atom. The molecule has 1 N–H and O–H groups in total. The molecule has 0 spiro atoms. The van der Waals surface area contributed by atoms with E-state index in [1.807, 2.05) is 11.8 Å². The van der Waals surface area contributed by atoms with Crippen LogP contribution in [-0.4, -0.2) is 39.9 Å². The Labute approximate surface area is 125 Å². The number of H-pyrrole nitrogens is 1. The number of thioether (sulfide) groups is 1. The molecule has 6 heteroatoms. The van der Waals surface area contributed by atoms with Gasteiger partial charge in [0.2, 0.25) is 5.95 Å². The van der Waals surface area contributed by atoms with E-state index in [1.165, 1.54) is 32.1 Å². The Balaban J connectivity index is 2.23. The highest BCUT2D eigenvalue weighted by molar-refractivity contribution is 7.98. The molecule has 0 aliphatic heterocycles.